The molecule has 0 aromatic heterocycles. The molecule has 0 bridgehead atoms. The first kappa shape index (κ1) is 13.2. The van der Waals surface area contributed by atoms with Crippen molar-refractivity contribution in [3.8, 4) is 0 Å². The average Bonchev–Trinajstić information content (AvgIpc) is 2.83. The van der Waals surface area contributed by atoms with Gasteiger partial charge in [-0.25, -0.2) is 4.79 Å². The Kier molecular flexibility index (Phi) is 3.78. The number of nitrogens with zero attached hydrogens (tertiary/aromatic N) is 2. The van der Waals surface area contributed by atoms with Gasteiger partial charge in [0.15, 0.2) is 0 Å². The van der Waals surface area contributed by atoms with E-state index in [1.165, 1.54) is 24.2 Å². The lowest BCUT2D eigenvalue weighted by atomic mass is 10.0. The van der Waals surface area contributed by atoms with Crippen LogP contribution in [0.4, 0.5) is 4.79 Å². The number of urea groups is 1. The number of aliphatic carboxylic acids is 1. The van der Waals surface area contributed by atoms with Crippen molar-refractivity contribution in [2.75, 3.05) is 19.6 Å². The fourth-order valence-corrected chi connectivity index (χ4v) is 3.19. The molecule has 1 saturated heterocycles. The van der Waals surface area contributed by atoms with Crippen molar-refractivity contribution in [3.05, 3.63) is 0 Å². The second-order valence-corrected chi connectivity index (χ2v) is 5.75. The fraction of sp³-hybridized carbons (Fsp3) is 0.846. The van der Waals surface area contributed by atoms with Gasteiger partial charge in [0.1, 0.15) is 6.54 Å². The van der Waals surface area contributed by atoms with Crippen LogP contribution >= 0.6 is 0 Å². The van der Waals surface area contributed by atoms with Crippen LogP contribution in [0, 0.1) is 11.8 Å². The molecule has 0 radical (unpaired) electrons. The highest BCUT2D eigenvalue weighted by molar-refractivity contribution is 5.80. The number of carboxylic acids is 1. The molecular formula is C13H22N2O3. The van der Waals surface area contributed by atoms with Gasteiger partial charge in [-0.3, -0.25) is 4.79 Å². The largest absolute Gasteiger partial charge is 0.480 e. The molecule has 5 heteroatoms. The first-order valence-corrected chi connectivity index (χ1v) is 6.76. The highest BCUT2D eigenvalue weighted by Crippen LogP contribution is 2.38. The Morgan fingerprint density at radius 3 is 2.28 bits per heavy atom. The number of carbonyl (C=O) groups is 2. The first-order chi connectivity index (χ1) is 8.49. The number of likely N-dealkylation sites (tertiary alicyclic amines) is 1. The van der Waals surface area contributed by atoms with Crippen LogP contribution in [-0.4, -0.2) is 52.6 Å². The van der Waals surface area contributed by atoms with Crippen LogP contribution < -0.4 is 0 Å². The van der Waals surface area contributed by atoms with Crippen molar-refractivity contribution in [2.45, 2.75) is 39.2 Å². The molecule has 102 valence electrons. The van der Waals surface area contributed by atoms with Gasteiger partial charge < -0.3 is 14.9 Å². The lowest BCUT2D eigenvalue weighted by Crippen LogP contribution is -2.48. The van der Waals surface area contributed by atoms with Gasteiger partial charge in [0.05, 0.1) is 0 Å². The number of hydrogen-bond acceptors (Lipinski definition) is 2. The molecule has 1 heterocycles. The summed E-state index contributed by atoms with van der Waals surface area (Å²) in [5.41, 5.74) is 0. The maximum Gasteiger partial charge on any atom is 0.323 e. The third kappa shape index (κ3) is 2.60. The zero-order valence-electron chi connectivity index (χ0n) is 11.1. The van der Waals surface area contributed by atoms with Gasteiger partial charge in [-0.2, -0.15) is 0 Å². The van der Waals surface area contributed by atoms with E-state index in [0.717, 1.165) is 13.1 Å². The van der Waals surface area contributed by atoms with Crippen molar-refractivity contribution in [2.24, 2.45) is 11.8 Å². The molecule has 18 heavy (non-hydrogen) atoms. The van der Waals surface area contributed by atoms with E-state index in [0.29, 0.717) is 11.8 Å². The summed E-state index contributed by atoms with van der Waals surface area (Å²) in [6, 6.07) is -0.184. The van der Waals surface area contributed by atoms with Gasteiger partial charge >= 0.3 is 12.0 Å². The standard InChI is InChI=1S/C13H22N2O3/c1-9(2)15(8-12(16)17)13(18)14-6-10-4-3-5-11(10)7-14/h9-11H,3-8H2,1-2H3,(H,16,17). The van der Waals surface area contributed by atoms with E-state index in [-0.39, 0.29) is 18.6 Å². The monoisotopic (exact) mass is 254 g/mol. The highest BCUT2D eigenvalue weighted by atomic mass is 16.4. The Bertz CT molecular complexity index is 331. The zero-order chi connectivity index (χ0) is 13.3. The van der Waals surface area contributed by atoms with Crippen LogP contribution in [0.1, 0.15) is 33.1 Å². The summed E-state index contributed by atoms with van der Waals surface area (Å²) in [6.07, 6.45) is 3.71. The molecule has 2 rings (SSSR count). The van der Waals surface area contributed by atoms with E-state index in [4.69, 9.17) is 5.11 Å². The normalized spacial score (nSPS) is 26.5. The van der Waals surface area contributed by atoms with Crippen molar-refractivity contribution < 1.29 is 14.7 Å². The van der Waals surface area contributed by atoms with Crippen molar-refractivity contribution in [1.29, 1.82) is 0 Å². The predicted octanol–water partition coefficient (Wildman–Crippen LogP) is 1.63. The molecule has 2 unspecified atom stereocenters. The summed E-state index contributed by atoms with van der Waals surface area (Å²) in [7, 11) is 0. The maximum absolute atomic E-state index is 12.3. The molecule has 0 aromatic carbocycles. The van der Waals surface area contributed by atoms with Crippen LogP contribution in [-0.2, 0) is 4.79 Å². The Morgan fingerprint density at radius 1 is 1.28 bits per heavy atom. The van der Waals surface area contributed by atoms with E-state index in [9.17, 15) is 9.59 Å². The van der Waals surface area contributed by atoms with E-state index >= 15 is 0 Å². The molecule has 1 aliphatic carbocycles. The third-order valence-electron chi connectivity index (χ3n) is 4.17. The molecule has 5 nitrogen and oxygen atoms in total. The minimum Gasteiger partial charge on any atom is -0.480 e. The first-order valence-electron chi connectivity index (χ1n) is 6.76. The van der Waals surface area contributed by atoms with Crippen molar-refractivity contribution >= 4 is 12.0 Å². The quantitative estimate of drug-likeness (QED) is 0.832. The van der Waals surface area contributed by atoms with Crippen molar-refractivity contribution in [1.82, 2.24) is 9.80 Å². The van der Waals surface area contributed by atoms with Gasteiger partial charge in [0.2, 0.25) is 0 Å². The number of amides is 2. The van der Waals surface area contributed by atoms with Gasteiger partial charge in [-0.15, -0.1) is 0 Å². The Labute approximate surface area is 108 Å². The van der Waals surface area contributed by atoms with Crippen LogP contribution in [0.25, 0.3) is 0 Å². The van der Waals surface area contributed by atoms with Gasteiger partial charge in [-0.05, 0) is 38.5 Å². The molecule has 1 saturated carbocycles. The molecule has 0 aromatic rings. The van der Waals surface area contributed by atoms with E-state index in [2.05, 4.69) is 0 Å². The summed E-state index contributed by atoms with van der Waals surface area (Å²) in [4.78, 5) is 26.5. The molecule has 2 atom stereocenters. The van der Waals surface area contributed by atoms with E-state index in [1.807, 2.05) is 18.7 Å². The molecule has 2 amide bonds. The summed E-state index contributed by atoms with van der Waals surface area (Å²) in [5.74, 6) is 0.344. The number of rotatable bonds is 3. The Balaban J connectivity index is 1.99. The van der Waals surface area contributed by atoms with Crippen LogP contribution in [0.5, 0.6) is 0 Å². The van der Waals surface area contributed by atoms with Crippen LogP contribution in [0.2, 0.25) is 0 Å². The molecular weight excluding hydrogens is 232 g/mol. The Hall–Kier alpha value is -1.26. The van der Waals surface area contributed by atoms with Gasteiger partial charge in [0.25, 0.3) is 0 Å². The molecule has 0 spiro atoms. The molecule has 1 N–H and O–H groups in total. The van der Waals surface area contributed by atoms with E-state index in [1.54, 1.807) is 0 Å². The predicted molar refractivity (Wildman–Crippen MR) is 67.3 cm³/mol. The minimum absolute atomic E-state index is 0.0750. The smallest absolute Gasteiger partial charge is 0.323 e. The molecule has 1 aliphatic heterocycles. The number of carbonyl (C=O) groups excluding carboxylic acids is 1. The number of hydrogen-bond donors (Lipinski definition) is 1. The molecule has 2 fully saturated rings. The lowest BCUT2D eigenvalue weighted by molar-refractivity contribution is -0.138. The maximum atomic E-state index is 12.3. The van der Waals surface area contributed by atoms with E-state index < -0.39 is 5.97 Å². The average molecular weight is 254 g/mol. The summed E-state index contributed by atoms with van der Waals surface area (Å²) in [6.45, 7) is 5.14. The SMILES string of the molecule is CC(C)N(CC(=O)O)C(=O)N1CC2CCCC2C1. The second-order valence-electron chi connectivity index (χ2n) is 5.75. The second kappa shape index (κ2) is 5.16. The number of carboxylic acid groups (broad SMARTS) is 1. The van der Waals surface area contributed by atoms with Crippen molar-refractivity contribution in [3.63, 3.8) is 0 Å². The third-order valence-corrected chi connectivity index (χ3v) is 4.17. The fourth-order valence-electron chi connectivity index (χ4n) is 3.19. The topological polar surface area (TPSA) is 60.9 Å². The summed E-state index contributed by atoms with van der Waals surface area (Å²) in [5, 5.41) is 8.87. The van der Waals surface area contributed by atoms with Crippen LogP contribution in [0.3, 0.4) is 0 Å². The molecule has 2 aliphatic rings. The highest BCUT2D eigenvalue weighted by Gasteiger charge is 2.39. The van der Waals surface area contributed by atoms with Gasteiger partial charge in [0, 0.05) is 19.1 Å². The van der Waals surface area contributed by atoms with Gasteiger partial charge in [-0.1, -0.05) is 6.42 Å². The Morgan fingerprint density at radius 2 is 1.83 bits per heavy atom. The van der Waals surface area contributed by atoms with Crippen LogP contribution in [0.15, 0.2) is 0 Å². The number of fused-ring (bicyclic) bond motifs is 1. The minimum atomic E-state index is -0.948. The lowest BCUT2D eigenvalue weighted by Gasteiger charge is -2.30. The summed E-state index contributed by atoms with van der Waals surface area (Å²) < 4.78 is 0. The summed E-state index contributed by atoms with van der Waals surface area (Å²) >= 11 is 0. The zero-order valence-corrected chi connectivity index (χ0v) is 11.1.